The normalized spacial score (nSPS) is 10.8. The molecule has 0 N–H and O–H groups in total. The van der Waals surface area contributed by atoms with Crippen molar-refractivity contribution in [3.05, 3.63) is 89.7 Å². The number of pyridine rings is 1. The van der Waals surface area contributed by atoms with Gasteiger partial charge in [-0.25, -0.2) is 0 Å². The summed E-state index contributed by atoms with van der Waals surface area (Å²) in [5, 5.41) is 0. The van der Waals surface area contributed by atoms with Crippen LogP contribution in [0.1, 0.15) is 16.8 Å². The molecule has 3 aromatic rings. The maximum absolute atomic E-state index is 6.01. The monoisotopic (exact) mass is 362 g/mol. The first-order valence-corrected chi connectivity index (χ1v) is 9.16. The number of methoxy groups -OCH3 is 1. The van der Waals surface area contributed by atoms with E-state index in [1.165, 1.54) is 5.56 Å². The molecule has 0 aliphatic rings. The lowest BCUT2D eigenvalue weighted by molar-refractivity contribution is 0.282. The van der Waals surface area contributed by atoms with Gasteiger partial charge in [-0.05, 0) is 42.4 Å². The molecular weight excluding hydrogens is 336 g/mol. The van der Waals surface area contributed by atoms with Gasteiger partial charge in [0.1, 0.15) is 6.61 Å². The highest BCUT2D eigenvalue weighted by Crippen LogP contribution is 2.29. The molecule has 27 heavy (non-hydrogen) atoms. The quantitative estimate of drug-likeness (QED) is 0.567. The lowest BCUT2D eigenvalue weighted by atomic mass is 10.1. The molecule has 140 valence electrons. The van der Waals surface area contributed by atoms with Gasteiger partial charge in [-0.1, -0.05) is 42.5 Å². The lowest BCUT2D eigenvalue weighted by Crippen LogP contribution is -2.21. The first-order valence-electron chi connectivity index (χ1n) is 9.16. The van der Waals surface area contributed by atoms with Crippen LogP contribution >= 0.6 is 0 Å². The molecule has 4 heteroatoms. The van der Waals surface area contributed by atoms with E-state index >= 15 is 0 Å². The number of likely N-dealkylation sites (N-methyl/N-ethyl adjacent to an activating group) is 1. The highest BCUT2D eigenvalue weighted by molar-refractivity contribution is 5.43. The molecule has 2 aromatic carbocycles. The van der Waals surface area contributed by atoms with Gasteiger partial charge in [0.15, 0.2) is 11.5 Å². The van der Waals surface area contributed by atoms with Crippen molar-refractivity contribution < 1.29 is 9.47 Å². The first kappa shape index (κ1) is 18.9. The van der Waals surface area contributed by atoms with Gasteiger partial charge in [0, 0.05) is 31.4 Å². The molecule has 0 radical (unpaired) electrons. The van der Waals surface area contributed by atoms with Gasteiger partial charge in [0.05, 0.1) is 7.11 Å². The van der Waals surface area contributed by atoms with Gasteiger partial charge in [-0.15, -0.1) is 0 Å². The minimum Gasteiger partial charge on any atom is -0.493 e. The van der Waals surface area contributed by atoms with E-state index < -0.39 is 0 Å². The number of hydrogen-bond donors (Lipinski definition) is 0. The third kappa shape index (κ3) is 5.83. The van der Waals surface area contributed by atoms with Crippen LogP contribution in [0.5, 0.6) is 11.5 Å². The van der Waals surface area contributed by atoms with E-state index in [1.807, 2.05) is 42.6 Å². The highest BCUT2D eigenvalue weighted by Gasteiger charge is 2.08. The van der Waals surface area contributed by atoms with Crippen LogP contribution in [-0.2, 0) is 19.6 Å². The Labute approximate surface area is 161 Å². The van der Waals surface area contributed by atoms with Gasteiger partial charge in [-0.3, -0.25) is 4.98 Å². The maximum atomic E-state index is 6.01. The molecule has 0 bridgehead atoms. The van der Waals surface area contributed by atoms with Crippen molar-refractivity contribution in [2.24, 2.45) is 0 Å². The molecule has 0 aliphatic carbocycles. The van der Waals surface area contributed by atoms with Crippen LogP contribution in [0.3, 0.4) is 0 Å². The second-order valence-corrected chi connectivity index (χ2v) is 6.57. The molecule has 0 amide bonds. The van der Waals surface area contributed by atoms with Gasteiger partial charge in [0.25, 0.3) is 0 Å². The minimum atomic E-state index is 0.524. The fourth-order valence-corrected chi connectivity index (χ4v) is 2.91. The van der Waals surface area contributed by atoms with Crippen molar-refractivity contribution in [1.82, 2.24) is 9.88 Å². The molecule has 0 spiro atoms. The van der Waals surface area contributed by atoms with Crippen molar-refractivity contribution in [2.45, 2.75) is 19.6 Å². The van der Waals surface area contributed by atoms with Crippen LogP contribution in [0.15, 0.2) is 72.9 Å². The van der Waals surface area contributed by atoms with Crippen molar-refractivity contribution >= 4 is 0 Å². The summed E-state index contributed by atoms with van der Waals surface area (Å²) in [5.41, 5.74) is 3.45. The van der Waals surface area contributed by atoms with Crippen LogP contribution in [0.4, 0.5) is 0 Å². The summed E-state index contributed by atoms with van der Waals surface area (Å²) < 4.78 is 11.5. The van der Waals surface area contributed by atoms with Crippen molar-refractivity contribution in [2.75, 3.05) is 20.7 Å². The number of ether oxygens (including phenoxy) is 2. The average molecular weight is 362 g/mol. The van der Waals surface area contributed by atoms with E-state index in [0.29, 0.717) is 6.61 Å². The maximum Gasteiger partial charge on any atom is 0.161 e. The van der Waals surface area contributed by atoms with Crippen LogP contribution in [0, 0.1) is 0 Å². The van der Waals surface area contributed by atoms with Gasteiger partial charge in [-0.2, -0.15) is 0 Å². The zero-order valence-corrected chi connectivity index (χ0v) is 16.0. The lowest BCUT2D eigenvalue weighted by Gasteiger charge is -2.18. The first-order chi connectivity index (χ1) is 13.2. The topological polar surface area (TPSA) is 34.6 Å². The Balaban J connectivity index is 1.60. The van der Waals surface area contributed by atoms with E-state index in [1.54, 1.807) is 7.11 Å². The summed E-state index contributed by atoms with van der Waals surface area (Å²) in [4.78, 5) is 6.67. The molecule has 0 saturated heterocycles. The summed E-state index contributed by atoms with van der Waals surface area (Å²) >= 11 is 0. The predicted molar refractivity (Wildman–Crippen MR) is 108 cm³/mol. The number of rotatable bonds is 9. The molecule has 3 rings (SSSR count). The van der Waals surface area contributed by atoms with E-state index in [9.17, 15) is 0 Å². The second-order valence-electron chi connectivity index (χ2n) is 6.57. The van der Waals surface area contributed by atoms with Crippen molar-refractivity contribution in [3.63, 3.8) is 0 Å². The van der Waals surface area contributed by atoms with Gasteiger partial charge in [0.2, 0.25) is 0 Å². The molecule has 0 aliphatic heterocycles. The number of hydrogen-bond acceptors (Lipinski definition) is 4. The fourth-order valence-electron chi connectivity index (χ4n) is 2.91. The largest absolute Gasteiger partial charge is 0.493 e. The summed E-state index contributed by atoms with van der Waals surface area (Å²) in [6.45, 7) is 2.32. The SMILES string of the molecule is COc1ccc(CN(C)CCc2ccccn2)cc1OCc1ccccc1. The van der Waals surface area contributed by atoms with E-state index in [-0.39, 0.29) is 0 Å². The number of nitrogens with zero attached hydrogens (tertiary/aromatic N) is 2. The van der Waals surface area contributed by atoms with Gasteiger partial charge >= 0.3 is 0 Å². The summed E-state index contributed by atoms with van der Waals surface area (Å²) in [6.07, 6.45) is 2.78. The zero-order chi connectivity index (χ0) is 18.9. The van der Waals surface area contributed by atoms with E-state index in [4.69, 9.17) is 9.47 Å². The smallest absolute Gasteiger partial charge is 0.161 e. The van der Waals surface area contributed by atoms with Gasteiger partial charge < -0.3 is 14.4 Å². The highest BCUT2D eigenvalue weighted by atomic mass is 16.5. The summed E-state index contributed by atoms with van der Waals surface area (Å²) in [6, 6.07) is 22.3. The Kier molecular flexibility index (Phi) is 6.83. The predicted octanol–water partition coefficient (Wildman–Crippen LogP) is 4.34. The van der Waals surface area contributed by atoms with Crippen LogP contribution in [-0.4, -0.2) is 30.6 Å². The Morgan fingerprint density at radius 1 is 0.889 bits per heavy atom. The molecular formula is C23H26N2O2. The molecule has 1 heterocycles. The third-order valence-electron chi connectivity index (χ3n) is 4.39. The van der Waals surface area contributed by atoms with E-state index in [0.717, 1.165) is 42.3 Å². The van der Waals surface area contributed by atoms with Crippen LogP contribution in [0.2, 0.25) is 0 Å². The fraction of sp³-hybridized carbons (Fsp3) is 0.261. The molecule has 1 aromatic heterocycles. The Morgan fingerprint density at radius 3 is 2.44 bits per heavy atom. The average Bonchev–Trinajstić information content (AvgIpc) is 2.72. The molecule has 0 unspecified atom stereocenters. The van der Waals surface area contributed by atoms with Crippen molar-refractivity contribution in [3.8, 4) is 11.5 Å². The summed E-state index contributed by atoms with van der Waals surface area (Å²) in [5.74, 6) is 1.53. The third-order valence-corrected chi connectivity index (χ3v) is 4.39. The standard InChI is InChI=1S/C23H26N2O2/c1-25(15-13-21-10-6-7-14-24-21)17-20-11-12-22(26-2)23(16-20)27-18-19-8-4-3-5-9-19/h3-12,14,16H,13,15,17-18H2,1-2H3. The molecule has 0 saturated carbocycles. The Bertz CT molecular complexity index is 822. The van der Waals surface area contributed by atoms with Crippen LogP contribution in [0.25, 0.3) is 0 Å². The minimum absolute atomic E-state index is 0.524. The second kappa shape index (κ2) is 9.74. The number of benzene rings is 2. The molecule has 0 atom stereocenters. The zero-order valence-electron chi connectivity index (χ0n) is 16.0. The Morgan fingerprint density at radius 2 is 1.70 bits per heavy atom. The molecule has 0 fully saturated rings. The van der Waals surface area contributed by atoms with Crippen LogP contribution < -0.4 is 9.47 Å². The van der Waals surface area contributed by atoms with Crippen molar-refractivity contribution in [1.29, 1.82) is 0 Å². The molecule has 4 nitrogen and oxygen atoms in total. The summed E-state index contributed by atoms with van der Waals surface area (Å²) in [7, 11) is 3.79. The number of aromatic nitrogens is 1. The Hall–Kier alpha value is -2.85. The van der Waals surface area contributed by atoms with E-state index in [2.05, 4.69) is 47.3 Å².